The van der Waals surface area contributed by atoms with Gasteiger partial charge in [0, 0.05) is 20.3 Å². The zero-order chi connectivity index (χ0) is 16.8. The Bertz CT molecular complexity index is 611. The SMILES string of the molecule is COCCCNC(=O)C(C)S(=O)(=O)Cc1cc(C)ccc1C. The van der Waals surface area contributed by atoms with E-state index in [0.717, 1.165) is 16.7 Å². The van der Waals surface area contributed by atoms with Crippen LogP contribution >= 0.6 is 0 Å². The molecule has 1 unspecified atom stereocenters. The van der Waals surface area contributed by atoms with Crippen molar-refractivity contribution in [2.75, 3.05) is 20.3 Å². The van der Waals surface area contributed by atoms with Crippen molar-refractivity contribution in [2.24, 2.45) is 0 Å². The lowest BCUT2D eigenvalue weighted by atomic mass is 10.1. The van der Waals surface area contributed by atoms with Gasteiger partial charge in [-0.25, -0.2) is 8.42 Å². The first-order chi connectivity index (χ1) is 10.3. The molecule has 0 radical (unpaired) electrons. The van der Waals surface area contributed by atoms with E-state index in [0.29, 0.717) is 19.6 Å². The standard InChI is InChI=1S/C16H25NO4S/c1-12-6-7-13(2)15(10-12)11-22(19,20)14(3)16(18)17-8-5-9-21-4/h6-7,10,14H,5,8-9,11H2,1-4H3,(H,17,18). The first-order valence-corrected chi connectivity index (χ1v) is 9.04. The first-order valence-electron chi connectivity index (χ1n) is 7.32. The molecule has 5 nitrogen and oxygen atoms in total. The van der Waals surface area contributed by atoms with Crippen LogP contribution in [-0.4, -0.2) is 39.8 Å². The topological polar surface area (TPSA) is 72.5 Å². The predicted octanol–water partition coefficient (Wildman–Crippen LogP) is 1.76. The lowest BCUT2D eigenvalue weighted by molar-refractivity contribution is -0.120. The van der Waals surface area contributed by atoms with Gasteiger partial charge in [-0.3, -0.25) is 4.79 Å². The Kier molecular flexibility index (Phi) is 7.03. The molecular weight excluding hydrogens is 302 g/mol. The van der Waals surface area contributed by atoms with E-state index in [1.807, 2.05) is 32.0 Å². The minimum atomic E-state index is -3.54. The number of benzene rings is 1. The van der Waals surface area contributed by atoms with Gasteiger partial charge in [0.15, 0.2) is 9.84 Å². The maximum atomic E-state index is 12.4. The van der Waals surface area contributed by atoms with Crippen LogP contribution in [0.3, 0.4) is 0 Å². The van der Waals surface area contributed by atoms with Gasteiger partial charge in [0.25, 0.3) is 0 Å². The molecule has 22 heavy (non-hydrogen) atoms. The molecule has 0 aromatic heterocycles. The third-order valence-corrected chi connectivity index (χ3v) is 5.60. The number of sulfone groups is 1. The zero-order valence-corrected chi connectivity index (χ0v) is 14.5. The number of carbonyl (C=O) groups excluding carboxylic acids is 1. The molecule has 1 aromatic carbocycles. The minimum Gasteiger partial charge on any atom is -0.385 e. The molecule has 1 atom stereocenters. The Labute approximate surface area is 133 Å². The Morgan fingerprint density at radius 3 is 2.64 bits per heavy atom. The average molecular weight is 327 g/mol. The summed E-state index contributed by atoms with van der Waals surface area (Å²) in [6.45, 7) is 6.17. The largest absolute Gasteiger partial charge is 0.385 e. The third kappa shape index (κ3) is 5.42. The molecule has 0 aliphatic carbocycles. The van der Waals surface area contributed by atoms with Crippen molar-refractivity contribution >= 4 is 15.7 Å². The van der Waals surface area contributed by atoms with Gasteiger partial charge in [0.1, 0.15) is 5.25 Å². The van der Waals surface area contributed by atoms with Crippen LogP contribution in [0.4, 0.5) is 0 Å². The van der Waals surface area contributed by atoms with Crippen molar-refractivity contribution in [3.8, 4) is 0 Å². The molecule has 0 saturated heterocycles. The molecule has 1 aromatic rings. The summed E-state index contributed by atoms with van der Waals surface area (Å²) in [4.78, 5) is 12.0. The van der Waals surface area contributed by atoms with E-state index in [9.17, 15) is 13.2 Å². The second-order valence-electron chi connectivity index (χ2n) is 5.52. The Morgan fingerprint density at radius 2 is 2.00 bits per heavy atom. The van der Waals surface area contributed by atoms with Crippen molar-refractivity contribution in [3.63, 3.8) is 0 Å². The van der Waals surface area contributed by atoms with Gasteiger partial charge in [-0.1, -0.05) is 23.8 Å². The Balaban J connectivity index is 2.72. The number of hydrogen-bond acceptors (Lipinski definition) is 4. The van der Waals surface area contributed by atoms with E-state index in [1.54, 1.807) is 7.11 Å². The third-order valence-electron chi connectivity index (χ3n) is 3.59. The van der Waals surface area contributed by atoms with Gasteiger partial charge < -0.3 is 10.1 Å². The van der Waals surface area contributed by atoms with E-state index in [2.05, 4.69) is 5.32 Å². The molecule has 0 saturated carbocycles. The van der Waals surface area contributed by atoms with Crippen LogP contribution < -0.4 is 5.32 Å². The summed E-state index contributed by atoms with van der Waals surface area (Å²) in [5.74, 6) is -0.575. The number of nitrogens with one attached hydrogen (secondary N) is 1. The quantitative estimate of drug-likeness (QED) is 0.739. The number of aryl methyl sites for hydroxylation is 2. The molecule has 1 N–H and O–H groups in total. The molecule has 1 rings (SSSR count). The molecule has 1 amide bonds. The van der Waals surface area contributed by atoms with Crippen LogP contribution in [0.15, 0.2) is 18.2 Å². The summed E-state index contributed by atoms with van der Waals surface area (Å²) >= 11 is 0. The van der Waals surface area contributed by atoms with Crippen LogP contribution in [-0.2, 0) is 25.1 Å². The van der Waals surface area contributed by atoms with Crippen molar-refractivity contribution in [2.45, 2.75) is 38.2 Å². The highest BCUT2D eigenvalue weighted by atomic mass is 32.2. The second kappa shape index (κ2) is 8.29. The summed E-state index contributed by atoms with van der Waals surface area (Å²) in [7, 11) is -1.96. The summed E-state index contributed by atoms with van der Waals surface area (Å²) in [6, 6.07) is 5.70. The van der Waals surface area contributed by atoms with Crippen molar-refractivity contribution in [1.29, 1.82) is 0 Å². The van der Waals surface area contributed by atoms with Gasteiger partial charge in [-0.2, -0.15) is 0 Å². The predicted molar refractivity (Wildman–Crippen MR) is 87.5 cm³/mol. The second-order valence-corrected chi connectivity index (χ2v) is 7.84. The molecule has 6 heteroatoms. The zero-order valence-electron chi connectivity index (χ0n) is 13.7. The van der Waals surface area contributed by atoms with Gasteiger partial charge in [-0.15, -0.1) is 0 Å². The maximum absolute atomic E-state index is 12.4. The van der Waals surface area contributed by atoms with Crippen LogP contribution in [0, 0.1) is 13.8 Å². The lowest BCUT2D eigenvalue weighted by Gasteiger charge is -2.14. The van der Waals surface area contributed by atoms with E-state index in [1.165, 1.54) is 6.92 Å². The summed E-state index contributed by atoms with van der Waals surface area (Å²) in [5, 5.41) is 1.58. The lowest BCUT2D eigenvalue weighted by Crippen LogP contribution is -2.39. The van der Waals surface area contributed by atoms with Crippen LogP contribution in [0.25, 0.3) is 0 Å². The molecule has 0 heterocycles. The Morgan fingerprint density at radius 1 is 1.32 bits per heavy atom. The molecule has 124 valence electrons. The fraction of sp³-hybridized carbons (Fsp3) is 0.562. The average Bonchev–Trinajstić information content (AvgIpc) is 2.46. The summed E-state index contributed by atoms with van der Waals surface area (Å²) < 4.78 is 29.7. The van der Waals surface area contributed by atoms with Crippen LogP contribution in [0.1, 0.15) is 30.0 Å². The van der Waals surface area contributed by atoms with E-state index < -0.39 is 21.0 Å². The smallest absolute Gasteiger partial charge is 0.238 e. The van der Waals surface area contributed by atoms with Gasteiger partial charge in [-0.05, 0) is 38.3 Å². The molecule has 0 bridgehead atoms. The highest BCUT2D eigenvalue weighted by Gasteiger charge is 2.28. The van der Waals surface area contributed by atoms with Crippen LogP contribution in [0.2, 0.25) is 0 Å². The van der Waals surface area contributed by atoms with Gasteiger partial charge >= 0.3 is 0 Å². The van der Waals surface area contributed by atoms with Gasteiger partial charge in [0.05, 0.1) is 5.75 Å². The number of rotatable bonds is 8. The van der Waals surface area contributed by atoms with Gasteiger partial charge in [0.2, 0.25) is 5.91 Å². The summed E-state index contributed by atoms with van der Waals surface area (Å²) in [5.41, 5.74) is 2.67. The van der Waals surface area contributed by atoms with E-state index >= 15 is 0 Å². The Hall–Kier alpha value is -1.40. The van der Waals surface area contributed by atoms with Crippen LogP contribution in [0.5, 0.6) is 0 Å². The molecule has 0 aliphatic rings. The number of ether oxygens (including phenoxy) is 1. The normalized spacial score (nSPS) is 12.9. The fourth-order valence-electron chi connectivity index (χ4n) is 2.03. The summed E-state index contributed by atoms with van der Waals surface area (Å²) in [6.07, 6.45) is 0.659. The fourth-order valence-corrected chi connectivity index (χ4v) is 3.44. The monoisotopic (exact) mass is 327 g/mol. The number of methoxy groups -OCH3 is 1. The number of amides is 1. The van der Waals surface area contributed by atoms with Crippen molar-refractivity contribution in [1.82, 2.24) is 5.32 Å². The van der Waals surface area contributed by atoms with Crippen molar-refractivity contribution < 1.29 is 17.9 Å². The molecule has 0 fully saturated rings. The van der Waals surface area contributed by atoms with Crippen molar-refractivity contribution in [3.05, 3.63) is 34.9 Å². The number of hydrogen-bond donors (Lipinski definition) is 1. The highest BCUT2D eigenvalue weighted by molar-refractivity contribution is 7.92. The number of carbonyl (C=O) groups is 1. The maximum Gasteiger partial charge on any atom is 0.238 e. The first kappa shape index (κ1) is 18.6. The molecule has 0 aliphatic heterocycles. The van der Waals surface area contributed by atoms with E-state index in [-0.39, 0.29) is 5.75 Å². The minimum absolute atomic E-state index is 0.118. The van der Waals surface area contributed by atoms with E-state index in [4.69, 9.17) is 4.74 Å². The molecule has 0 spiro atoms. The molecular formula is C16H25NO4S. The highest BCUT2D eigenvalue weighted by Crippen LogP contribution is 2.17.